The van der Waals surface area contributed by atoms with Gasteiger partial charge in [-0.3, -0.25) is 9.59 Å². The summed E-state index contributed by atoms with van der Waals surface area (Å²) in [6.07, 6.45) is 1.41. The second kappa shape index (κ2) is 7.25. The molecule has 1 aliphatic heterocycles. The van der Waals surface area contributed by atoms with Crippen LogP contribution in [-0.2, 0) is 16.0 Å². The van der Waals surface area contributed by atoms with E-state index in [1.165, 1.54) is 12.1 Å². The van der Waals surface area contributed by atoms with Crippen molar-refractivity contribution >= 4 is 17.5 Å². The van der Waals surface area contributed by atoms with Gasteiger partial charge in [0.25, 0.3) is 0 Å². The first-order chi connectivity index (χ1) is 11.6. The van der Waals surface area contributed by atoms with Gasteiger partial charge in [0, 0.05) is 18.7 Å². The van der Waals surface area contributed by atoms with Crippen molar-refractivity contribution < 1.29 is 14.0 Å². The van der Waals surface area contributed by atoms with Crippen LogP contribution in [0.4, 0.5) is 10.1 Å². The second-order valence-electron chi connectivity index (χ2n) is 5.86. The number of carbonyl (C=O) groups excluding carboxylic acids is 2. The normalized spacial score (nSPS) is 17.1. The number of hydrogen-bond acceptors (Lipinski definition) is 2. The molecule has 124 valence electrons. The molecular weight excluding hydrogens is 307 g/mol. The zero-order valence-corrected chi connectivity index (χ0v) is 13.2. The van der Waals surface area contributed by atoms with Crippen molar-refractivity contribution in [1.82, 2.24) is 5.32 Å². The Hall–Kier alpha value is -2.69. The summed E-state index contributed by atoms with van der Waals surface area (Å²) in [7, 11) is 0. The smallest absolute Gasteiger partial charge is 0.249 e. The zero-order valence-electron chi connectivity index (χ0n) is 13.2. The quantitative estimate of drug-likeness (QED) is 0.918. The number of rotatable bonds is 5. The molecule has 3 rings (SSSR count). The van der Waals surface area contributed by atoms with Crippen molar-refractivity contribution in [2.75, 3.05) is 11.4 Å². The number of halogens is 1. The van der Waals surface area contributed by atoms with E-state index < -0.39 is 6.04 Å². The molecule has 2 aromatic rings. The first kappa shape index (κ1) is 16.2. The molecule has 1 N–H and O–H groups in total. The van der Waals surface area contributed by atoms with Gasteiger partial charge in [0.2, 0.25) is 11.8 Å². The Labute approximate surface area is 140 Å². The van der Waals surface area contributed by atoms with Gasteiger partial charge in [-0.25, -0.2) is 4.39 Å². The molecule has 1 heterocycles. The van der Waals surface area contributed by atoms with Crippen molar-refractivity contribution in [2.45, 2.75) is 25.3 Å². The Kier molecular flexibility index (Phi) is 4.89. The van der Waals surface area contributed by atoms with Crippen LogP contribution in [0.5, 0.6) is 0 Å². The van der Waals surface area contributed by atoms with Gasteiger partial charge in [0.05, 0.1) is 0 Å². The molecule has 24 heavy (non-hydrogen) atoms. The van der Waals surface area contributed by atoms with E-state index in [4.69, 9.17) is 0 Å². The largest absolute Gasteiger partial charge is 0.344 e. The molecule has 0 bridgehead atoms. The highest BCUT2D eigenvalue weighted by Gasteiger charge is 2.33. The molecule has 0 radical (unpaired) electrons. The molecule has 2 aromatic carbocycles. The molecule has 5 heteroatoms. The highest BCUT2D eigenvalue weighted by Crippen LogP contribution is 2.21. The summed E-state index contributed by atoms with van der Waals surface area (Å²) in [6, 6.07) is 15.1. The van der Waals surface area contributed by atoms with E-state index in [1.54, 1.807) is 17.0 Å². The van der Waals surface area contributed by atoms with Crippen LogP contribution in [0.1, 0.15) is 18.4 Å². The molecule has 2 amide bonds. The summed E-state index contributed by atoms with van der Waals surface area (Å²) in [5.74, 6) is -0.523. The fourth-order valence-corrected chi connectivity index (χ4v) is 2.85. The van der Waals surface area contributed by atoms with Gasteiger partial charge < -0.3 is 10.2 Å². The molecule has 4 nitrogen and oxygen atoms in total. The van der Waals surface area contributed by atoms with Crippen molar-refractivity contribution in [2.24, 2.45) is 0 Å². The third-order valence-corrected chi connectivity index (χ3v) is 4.16. The standard InChI is InChI=1S/C19H19FN2O2/c20-15-9-6-14(7-10-15)8-11-18(23)21-17-12-13-22(19(17)24)16-4-2-1-3-5-16/h1-7,9-10,17H,8,11-13H2,(H,21,23). The van der Waals surface area contributed by atoms with Crippen LogP contribution in [0, 0.1) is 5.82 Å². The summed E-state index contributed by atoms with van der Waals surface area (Å²) in [6.45, 7) is 0.603. The lowest BCUT2D eigenvalue weighted by atomic mass is 10.1. The van der Waals surface area contributed by atoms with E-state index in [0.717, 1.165) is 11.3 Å². The number of nitrogens with one attached hydrogen (secondary N) is 1. The van der Waals surface area contributed by atoms with Crippen LogP contribution < -0.4 is 10.2 Å². The van der Waals surface area contributed by atoms with E-state index in [-0.39, 0.29) is 24.1 Å². The van der Waals surface area contributed by atoms with Crippen molar-refractivity contribution in [3.63, 3.8) is 0 Å². The van der Waals surface area contributed by atoms with E-state index in [2.05, 4.69) is 5.32 Å². The second-order valence-corrected chi connectivity index (χ2v) is 5.86. The molecule has 0 aliphatic carbocycles. The Morgan fingerprint density at radius 1 is 1.12 bits per heavy atom. The first-order valence-corrected chi connectivity index (χ1v) is 8.04. The zero-order chi connectivity index (χ0) is 16.9. The fraction of sp³-hybridized carbons (Fsp3) is 0.263. The summed E-state index contributed by atoms with van der Waals surface area (Å²) in [5.41, 5.74) is 1.75. The monoisotopic (exact) mass is 326 g/mol. The summed E-state index contributed by atoms with van der Waals surface area (Å²) < 4.78 is 12.9. The lowest BCUT2D eigenvalue weighted by Crippen LogP contribution is -2.41. The van der Waals surface area contributed by atoms with Gasteiger partial charge in [0.15, 0.2) is 0 Å². The first-order valence-electron chi connectivity index (χ1n) is 8.04. The summed E-state index contributed by atoms with van der Waals surface area (Å²) >= 11 is 0. The van der Waals surface area contributed by atoms with Crippen molar-refractivity contribution in [3.05, 3.63) is 66.0 Å². The van der Waals surface area contributed by atoms with Crippen molar-refractivity contribution in [1.29, 1.82) is 0 Å². The molecule has 0 saturated carbocycles. The third-order valence-electron chi connectivity index (χ3n) is 4.16. The molecule has 1 atom stereocenters. The minimum atomic E-state index is -0.467. The van der Waals surface area contributed by atoms with Crippen LogP contribution >= 0.6 is 0 Å². The molecule has 1 saturated heterocycles. The Morgan fingerprint density at radius 2 is 1.83 bits per heavy atom. The maximum atomic E-state index is 12.9. The third kappa shape index (κ3) is 3.79. The van der Waals surface area contributed by atoms with Crippen LogP contribution in [-0.4, -0.2) is 24.4 Å². The SMILES string of the molecule is O=C(CCc1ccc(F)cc1)NC1CCN(c2ccccc2)C1=O. The van der Waals surface area contributed by atoms with Gasteiger partial charge in [-0.2, -0.15) is 0 Å². The summed E-state index contributed by atoms with van der Waals surface area (Å²) in [4.78, 5) is 26.2. The molecular formula is C19H19FN2O2. The van der Waals surface area contributed by atoms with Gasteiger partial charge in [-0.1, -0.05) is 30.3 Å². The number of benzene rings is 2. The van der Waals surface area contributed by atoms with Gasteiger partial charge in [-0.15, -0.1) is 0 Å². The van der Waals surface area contributed by atoms with Gasteiger partial charge >= 0.3 is 0 Å². The Bertz CT molecular complexity index is 716. The summed E-state index contributed by atoms with van der Waals surface area (Å²) in [5, 5.41) is 2.81. The Morgan fingerprint density at radius 3 is 2.54 bits per heavy atom. The van der Waals surface area contributed by atoms with Gasteiger partial charge in [0.1, 0.15) is 11.9 Å². The predicted molar refractivity (Wildman–Crippen MR) is 90.1 cm³/mol. The van der Waals surface area contributed by atoms with Crippen LogP contribution in [0.15, 0.2) is 54.6 Å². The molecule has 0 spiro atoms. The minimum absolute atomic E-state index is 0.0728. The maximum Gasteiger partial charge on any atom is 0.249 e. The highest BCUT2D eigenvalue weighted by molar-refractivity contribution is 6.01. The topological polar surface area (TPSA) is 49.4 Å². The fourth-order valence-electron chi connectivity index (χ4n) is 2.85. The highest BCUT2D eigenvalue weighted by atomic mass is 19.1. The average molecular weight is 326 g/mol. The number of nitrogens with zero attached hydrogens (tertiary/aromatic N) is 1. The van der Waals surface area contributed by atoms with Gasteiger partial charge in [-0.05, 0) is 42.7 Å². The van der Waals surface area contributed by atoms with Crippen molar-refractivity contribution in [3.8, 4) is 0 Å². The van der Waals surface area contributed by atoms with Crippen LogP contribution in [0.25, 0.3) is 0 Å². The number of para-hydroxylation sites is 1. The number of amides is 2. The number of anilines is 1. The molecule has 1 fully saturated rings. The van der Waals surface area contributed by atoms with Crippen LogP contribution in [0.3, 0.4) is 0 Å². The average Bonchev–Trinajstić information content (AvgIpc) is 2.96. The Balaban J connectivity index is 1.52. The molecule has 1 unspecified atom stereocenters. The predicted octanol–water partition coefficient (Wildman–Crippen LogP) is 2.68. The van der Waals surface area contributed by atoms with E-state index in [0.29, 0.717) is 19.4 Å². The number of aryl methyl sites for hydroxylation is 1. The van der Waals surface area contributed by atoms with E-state index in [1.807, 2.05) is 30.3 Å². The molecule has 0 aromatic heterocycles. The minimum Gasteiger partial charge on any atom is -0.344 e. The van der Waals surface area contributed by atoms with E-state index in [9.17, 15) is 14.0 Å². The maximum absolute atomic E-state index is 12.9. The molecule has 1 aliphatic rings. The lowest BCUT2D eigenvalue weighted by Gasteiger charge is -2.17. The van der Waals surface area contributed by atoms with E-state index >= 15 is 0 Å². The lowest BCUT2D eigenvalue weighted by molar-refractivity contribution is -0.126. The number of hydrogen-bond donors (Lipinski definition) is 1. The number of carbonyl (C=O) groups is 2. The van der Waals surface area contributed by atoms with Crippen LogP contribution in [0.2, 0.25) is 0 Å².